The van der Waals surface area contributed by atoms with Crippen LogP contribution < -0.4 is 4.90 Å². The van der Waals surface area contributed by atoms with E-state index in [4.69, 9.17) is 4.98 Å². The lowest BCUT2D eigenvalue weighted by atomic mass is 10.00. The van der Waals surface area contributed by atoms with Gasteiger partial charge in [-0.05, 0) is 61.9 Å². The molecule has 2 atom stereocenters. The van der Waals surface area contributed by atoms with Crippen molar-refractivity contribution in [2.45, 2.75) is 43.8 Å². The van der Waals surface area contributed by atoms with Crippen LogP contribution >= 0.6 is 0 Å². The Morgan fingerprint density at radius 1 is 1.13 bits per heavy atom. The zero-order chi connectivity index (χ0) is 22.2. The topological polar surface area (TPSA) is 86.9 Å². The number of sulfone groups is 1. The standard InChI is InChI=1S/C24H26N4O2S/c1-16-10-11-18(3)21(13-16)31(29,30)22(14-25)23-24(28-12-6-7-17(2)15-28)27-20-9-5-4-8-19(20)26-23/h4-5,8-11,13,17,22H,6-7,12,15H2,1-3H3/t17-,22-/m0/s1. The second kappa shape index (κ2) is 8.27. The number of nitriles is 1. The van der Waals surface area contributed by atoms with Gasteiger partial charge in [0.2, 0.25) is 9.84 Å². The Morgan fingerprint density at radius 3 is 2.52 bits per heavy atom. The number of fused-ring (bicyclic) bond motifs is 1. The minimum absolute atomic E-state index is 0.173. The summed E-state index contributed by atoms with van der Waals surface area (Å²) < 4.78 is 27.3. The number of nitrogens with zero attached hydrogens (tertiary/aromatic N) is 4. The molecule has 31 heavy (non-hydrogen) atoms. The fraction of sp³-hybridized carbons (Fsp3) is 0.375. The molecule has 7 heteroatoms. The van der Waals surface area contributed by atoms with Crippen molar-refractivity contribution in [3.63, 3.8) is 0 Å². The second-order valence-electron chi connectivity index (χ2n) is 8.44. The van der Waals surface area contributed by atoms with Gasteiger partial charge < -0.3 is 4.90 Å². The number of piperidine rings is 1. The predicted octanol–water partition coefficient (Wildman–Crippen LogP) is 4.52. The number of aromatic nitrogens is 2. The molecule has 0 bridgehead atoms. The van der Waals surface area contributed by atoms with Crippen LogP contribution in [0.25, 0.3) is 11.0 Å². The maximum absolute atomic E-state index is 13.7. The van der Waals surface area contributed by atoms with Crippen molar-refractivity contribution in [2.75, 3.05) is 18.0 Å². The number of hydrogen-bond acceptors (Lipinski definition) is 6. The van der Waals surface area contributed by atoms with Gasteiger partial charge in [0.15, 0.2) is 11.1 Å². The number of benzene rings is 2. The van der Waals surface area contributed by atoms with E-state index >= 15 is 0 Å². The van der Waals surface area contributed by atoms with Gasteiger partial charge in [-0.1, -0.05) is 31.2 Å². The van der Waals surface area contributed by atoms with E-state index in [1.54, 1.807) is 25.1 Å². The molecule has 0 amide bonds. The van der Waals surface area contributed by atoms with Gasteiger partial charge in [-0.2, -0.15) is 5.26 Å². The highest BCUT2D eigenvalue weighted by Gasteiger charge is 2.36. The van der Waals surface area contributed by atoms with E-state index in [9.17, 15) is 13.7 Å². The average Bonchev–Trinajstić information content (AvgIpc) is 2.75. The van der Waals surface area contributed by atoms with Crippen molar-refractivity contribution in [3.8, 4) is 6.07 Å². The Bertz CT molecular complexity index is 1280. The molecular weight excluding hydrogens is 408 g/mol. The summed E-state index contributed by atoms with van der Waals surface area (Å²) in [6, 6.07) is 14.7. The number of hydrogen-bond donors (Lipinski definition) is 0. The van der Waals surface area contributed by atoms with Crippen molar-refractivity contribution < 1.29 is 8.42 Å². The Morgan fingerprint density at radius 2 is 1.84 bits per heavy atom. The first-order chi connectivity index (χ1) is 14.8. The summed E-state index contributed by atoms with van der Waals surface area (Å²) in [7, 11) is -3.99. The smallest absolute Gasteiger partial charge is 0.200 e. The van der Waals surface area contributed by atoms with Crippen molar-refractivity contribution in [1.29, 1.82) is 5.26 Å². The van der Waals surface area contributed by atoms with Gasteiger partial charge in [0, 0.05) is 13.1 Å². The van der Waals surface area contributed by atoms with Crippen molar-refractivity contribution in [3.05, 3.63) is 59.3 Å². The quantitative estimate of drug-likeness (QED) is 0.600. The van der Waals surface area contributed by atoms with Crippen molar-refractivity contribution in [2.24, 2.45) is 5.92 Å². The molecule has 160 valence electrons. The Balaban J connectivity index is 1.93. The molecule has 0 radical (unpaired) electrons. The van der Waals surface area contributed by atoms with E-state index in [1.165, 1.54) is 0 Å². The fourth-order valence-corrected chi connectivity index (χ4v) is 5.92. The summed E-state index contributed by atoms with van der Waals surface area (Å²) in [6.07, 6.45) is 2.12. The second-order valence-corrected chi connectivity index (χ2v) is 10.4. The molecule has 4 rings (SSSR count). The summed E-state index contributed by atoms with van der Waals surface area (Å²) >= 11 is 0. The number of para-hydroxylation sites is 2. The highest BCUT2D eigenvalue weighted by Crippen LogP contribution is 2.36. The van der Waals surface area contributed by atoms with E-state index in [1.807, 2.05) is 37.3 Å². The molecule has 1 aliphatic heterocycles. The first kappa shape index (κ1) is 21.3. The Kier molecular flexibility index (Phi) is 5.67. The van der Waals surface area contributed by atoms with Gasteiger partial charge in [0.25, 0.3) is 0 Å². The van der Waals surface area contributed by atoms with E-state index in [0.717, 1.165) is 31.5 Å². The van der Waals surface area contributed by atoms with E-state index in [-0.39, 0.29) is 10.6 Å². The average molecular weight is 435 g/mol. The minimum Gasteiger partial charge on any atom is -0.355 e. The van der Waals surface area contributed by atoms with Crippen LogP contribution in [0.1, 0.15) is 41.8 Å². The molecule has 1 fully saturated rings. The molecule has 0 N–H and O–H groups in total. The maximum Gasteiger partial charge on any atom is 0.200 e. The molecule has 1 aromatic heterocycles. The zero-order valence-corrected chi connectivity index (χ0v) is 18.9. The Hall–Kier alpha value is -2.98. The van der Waals surface area contributed by atoms with Gasteiger partial charge in [0.05, 0.1) is 22.0 Å². The van der Waals surface area contributed by atoms with E-state index in [0.29, 0.717) is 28.3 Å². The highest BCUT2D eigenvalue weighted by molar-refractivity contribution is 7.92. The normalized spacial score (nSPS) is 18.0. The minimum atomic E-state index is -3.99. The largest absolute Gasteiger partial charge is 0.355 e. The summed E-state index contributed by atoms with van der Waals surface area (Å²) in [6.45, 7) is 7.30. The molecule has 0 spiro atoms. The molecule has 2 aromatic carbocycles. The van der Waals surface area contributed by atoms with Gasteiger partial charge in [-0.25, -0.2) is 18.4 Å². The van der Waals surface area contributed by atoms with Crippen LogP contribution in [-0.2, 0) is 9.84 Å². The molecular formula is C24H26N4O2S. The molecule has 3 aromatic rings. The van der Waals surface area contributed by atoms with Gasteiger partial charge in [-0.15, -0.1) is 0 Å². The number of anilines is 1. The lowest BCUT2D eigenvalue weighted by Gasteiger charge is -2.33. The third-order valence-corrected chi connectivity index (χ3v) is 7.86. The number of rotatable bonds is 4. The molecule has 6 nitrogen and oxygen atoms in total. The van der Waals surface area contributed by atoms with Gasteiger partial charge >= 0.3 is 0 Å². The Labute approximate surface area is 183 Å². The van der Waals surface area contributed by atoms with Gasteiger partial charge in [0.1, 0.15) is 5.69 Å². The summed E-state index contributed by atoms with van der Waals surface area (Å²) in [5.41, 5.74) is 2.95. The molecule has 1 saturated heterocycles. The third-order valence-electron chi connectivity index (χ3n) is 5.86. The SMILES string of the molecule is Cc1ccc(C)c(S(=O)(=O)[C@@H](C#N)c2nc3ccccc3nc2N2CCC[C@H](C)C2)c1. The molecule has 2 heterocycles. The lowest BCUT2D eigenvalue weighted by Crippen LogP contribution is -2.36. The van der Waals surface area contributed by atoms with E-state index < -0.39 is 15.1 Å². The predicted molar refractivity (Wildman–Crippen MR) is 122 cm³/mol. The molecule has 1 aliphatic rings. The van der Waals surface area contributed by atoms with Crippen LogP contribution in [0.15, 0.2) is 47.4 Å². The first-order valence-corrected chi connectivity index (χ1v) is 12.1. The van der Waals surface area contributed by atoms with Crippen LogP contribution in [0.5, 0.6) is 0 Å². The van der Waals surface area contributed by atoms with Crippen molar-refractivity contribution >= 4 is 26.7 Å². The summed E-state index contributed by atoms with van der Waals surface area (Å²) in [4.78, 5) is 11.7. The summed E-state index contributed by atoms with van der Waals surface area (Å²) in [5.74, 6) is 0.969. The lowest BCUT2D eigenvalue weighted by molar-refractivity contribution is 0.443. The van der Waals surface area contributed by atoms with Gasteiger partial charge in [-0.3, -0.25) is 0 Å². The molecule has 0 saturated carbocycles. The van der Waals surface area contributed by atoms with Crippen LogP contribution in [0, 0.1) is 31.1 Å². The zero-order valence-electron chi connectivity index (χ0n) is 18.0. The van der Waals surface area contributed by atoms with Crippen molar-refractivity contribution in [1.82, 2.24) is 9.97 Å². The maximum atomic E-state index is 13.7. The highest BCUT2D eigenvalue weighted by atomic mass is 32.2. The van der Waals surface area contributed by atoms with Crippen LogP contribution in [0.4, 0.5) is 5.82 Å². The van der Waals surface area contributed by atoms with E-state index in [2.05, 4.69) is 16.8 Å². The summed E-state index contributed by atoms with van der Waals surface area (Å²) in [5, 5.41) is 8.63. The molecule has 0 aliphatic carbocycles. The van der Waals surface area contributed by atoms with Crippen LogP contribution in [-0.4, -0.2) is 31.5 Å². The fourth-order valence-electron chi connectivity index (χ4n) is 4.21. The van der Waals surface area contributed by atoms with Crippen LogP contribution in [0.3, 0.4) is 0 Å². The van der Waals surface area contributed by atoms with Crippen LogP contribution in [0.2, 0.25) is 0 Å². The monoisotopic (exact) mass is 434 g/mol. The third kappa shape index (κ3) is 4.00. The molecule has 0 unspecified atom stereocenters. The first-order valence-electron chi connectivity index (χ1n) is 10.5. The number of aryl methyl sites for hydroxylation is 2.